The molecule has 176 valence electrons. The second-order valence-corrected chi connectivity index (χ2v) is 7.68. The van der Waals surface area contributed by atoms with Crippen molar-refractivity contribution in [2.24, 2.45) is 5.92 Å². The number of benzene rings is 1. The largest absolute Gasteiger partial charge is 0.463 e. The minimum Gasteiger partial charge on any atom is -0.463 e. The van der Waals surface area contributed by atoms with Gasteiger partial charge in [-0.15, -0.1) is 0 Å². The van der Waals surface area contributed by atoms with Crippen molar-refractivity contribution in [3.8, 4) is 0 Å². The lowest BCUT2D eigenvalue weighted by atomic mass is 9.82. The number of rotatable bonds is 11. The number of aldehydes is 1. The number of ether oxygens (including phenoxy) is 4. The van der Waals surface area contributed by atoms with Crippen LogP contribution in [0, 0.1) is 5.92 Å². The first-order chi connectivity index (χ1) is 15.3. The normalized spacial score (nSPS) is 24.9. The Morgan fingerprint density at radius 2 is 1.62 bits per heavy atom. The van der Waals surface area contributed by atoms with E-state index in [2.05, 4.69) is 5.32 Å². The van der Waals surface area contributed by atoms with Gasteiger partial charge in [0.05, 0.1) is 6.10 Å². The molecule has 9 heteroatoms. The predicted molar refractivity (Wildman–Crippen MR) is 113 cm³/mol. The molecule has 1 heterocycles. The zero-order chi connectivity index (χ0) is 23.5. The molecule has 0 amide bonds. The molecule has 2 rings (SSSR count). The number of esters is 3. The third-order valence-corrected chi connectivity index (χ3v) is 5.15. The molecule has 9 nitrogen and oxygen atoms in total. The van der Waals surface area contributed by atoms with Crippen molar-refractivity contribution in [2.75, 3.05) is 13.2 Å². The Kier molecular flexibility index (Phi) is 10.3. The van der Waals surface area contributed by atoms with E-state index >= 15 is 0 Å². The van der Waals surface area contributed by atoms with Crippen molar-refractivity contribution in [3.05, 3.63) is 35.9 Å². The maximum Gasteiger partial charge on any atom is 0.303 e. The van der Waals surface area contributed by atoms with Gasteiger partial charge in [0.2, 0.25) is 0 Å². The van der Waals surface area contributed by atoms with E-state index in [9.17, 15) is 19.2 Å². The van der Waals surface area contributed by atoms with Crippen molar-refractivity contribution in [2.45, 2.75) is 64.6 Å². The van der Waals surface area contributed by atoms with Gasteiger partial charge in [-0.1, -0.05) is 30.3 Å². The number of carbonyl (C=O) groups is 4. The van der Waals surface area contributed by atoms with Crippen LogP contribution in [0.4, 0.5) is 0 Å². The molecule has 1 aliphatic heterocycles. The van der Waals surface area contributed by atoms with E-state index in [0.29, 0.717) is 19.5 Å². The third kappa shape index (κ3) is 8.05. The lowest BCUT2D eigenvalue weighted by molar-refractivity contribution is -0.234. The standard InChI is InChI=1S/C23H31NO8/c1-15(26)29-14-21-23(31-17(3)28)22(30-16(2)27)19(20(32-21)10-12-25)9-11-24-13-18-7-5-4-6-8-18/h4-8,12,19-24H,9-11,13-14H2,1-3H3/t19-,20-,21-,22-,23-/m1/s1. The molecule has 1 aromatic rings. The molecule has 1 fully saturated rings. The Balaban J connectivity index is 2.18. The van der Waals surface area contributed by atoms with Gasteiger partial charge in [-0.3, -0.25) is 14.4 Å². The Bertz CT molecular complexity index is 769. The fourth-order valence-electron chi connectivity index (χ4n) is 3.86. The van der Waals surface area contributed by atoms with E-state index in [-0.39, 0.29) is 13.0 Å². The zero-order valence-electron chi connectivity index (χ0n) is 18.7. The second kappa shape index (κ2) is 12.9. The quantitative estimate of drug-likeness (QED) is 0.232. The van der Waals surface area contributed by atoms with Gasteiger partial charge in [-0.05, 0) is 18.5 Å². The van der Waals surface area contributed by atoms with Crippen molar-refractivity contribution < 1.29 is 38.1 Å². The topological polar surface area (TPSA) is 117 Å². The molecule has 5 atom stereocenters. The average Bonchev–Trinajstić information content (AvgIpc) is 2.73. The maximum atomic E-state index is 11.9. The van der Waals surface area contributed by atoms with Crippen LogP contribution in [-0.2, 0) is 44.7 Å². The Labute approximate surface area is 187 Å². The van der Waals surface area contributed by atoms with Crippen LogP contribution >= 0.6 is 0 Å². The van der Waals surface area contributed by atoms with Crippen molar-refractivity contribution in [1.82, 2.24) is 5.32 Å². The molecule has 0 radical (unpaired) electrons. The lowest BCUT2D eigenvalue weighted by Crippen LogP contribution is -2.59. The van der Waals surface area contributed by atoms with Gasteiger partial charge < -0.3 is 29.1 Å². The van der Waals surface area contributed by atoms with E-state index < -0.39 is 48.2 Å². The van der Waals surface area contributed by atoms with E-state index in [1.165, 1.54) is 20.8 Å². The smallest absolute Gasteiger partial charge is 0.303 e. The van der Waals surface area contributed by atoms with Gasteiger partial charge in [-0.25, -0.2) is 0 Å². The Morgan fingerprint density at radius 1 is 0.969 bits per heavy atom. The fourth-order valence-corrected chi connectivity index (χ4v) is 3.86. The molecule has 1 aromatic carbocycles. The first kappa shape index (κ1) is 25.5. The van der Waals surface area contributed by atoms with Crippen LogP contribution in [0.5, 0.6) is 0 Å². The molecule has 0 spiro atoms. The molecular weight excluding hydrogens is 418 g/mol. The molecule has 1 saturated heterocycles. The zero-order valence-corrected chi connectivity index (χ0v) is 18.7. The highest BCUT2D eigenvalue weighted by molar-refractivity contribution is 5.68. The SMILES string of the molecule is CC(=O)OC[C@H]1O[C@H](CC=O)[C@@H](CCNCc2ccccc2)[C@@H](OC(C)=O)[C@@H]1OC(C)=O. The first-order valence-electron chi connectivity index (χ1n) is 10.6. The van der Waals surface area contributed by atoms with E-state index in [1.54, 1.807) is 0 Å². The van der Waals surface area contributed by atoms with Crippen LogP contribution in [-0.4, -0.2) is 61.8 Å². The summed E-state index contributed by atoms with van der Waals surface area (Å²) < 4.78 is 22.1. The first-order valence-corrected chi connectivity index (χ1v) is 10.6. The van der Waals surface area contributed by atoms with Crippen LogP contribution < -0.4 is 5.32 Å². The molecule has 0 saturated carbocycles. The lowest BCUT2D eigenvalue weighted by Gasteiger charge is -2.45. The molecular formula is C23H31NO8. The summed E-state index contributed by atoms with van der Waals surface area (Å²) in [6, 6.07) is 9.86. The molecule has 0 aromatic heterocycles. The monoisotopic (exact) mass is 449 g/mol. The summed E-state index contributed by atoms with van der Waals surface area (Å²) in [6.07, 6.45) is -2.00. The van der Waals surface area contributed by atoms with Crippen LogP contribution in [0.2, 0.25) is 0 Å². The summed E-state index contributed by atoms with van der Waals surface area (Å²) in [5.74, 6) is -2.07. The summed E-state index contributed by atoms with van der Waals surface area (Å²) in [5, 5.41) is 3.33. The summed E-state index contributed by atoms with van der Waals surface area (Å²) >= 11 is 0. The second-order valence-electron chi connectivity index (χ2n) is 7.68. The van der Waals surface area contributed by atoms with Gasteiger partial charge in [0.25, 0.3) is 0 Å². The van der Waals surface area contributed by atoms with Crippen LogP contribution in [0.25, 0.3) is 0 Å². The minimum absolute atomic E-state index is 0.0600. The number of hydrogen-bond donors (Lipinski definition) is 1. The summed E-state index contributed by atoms with van der Waals surface area (Å²) in [6.45, 7) is 4.75. The van der Waals surface area contributed by atoms with Gasteiger partial charge in [0.1, 0.15) is 25.1 Å². The third-order valence-electron chi connectivity index (χ3n) is 5.15. The molecule has 1 aliphatic rings. The molecule has 1 N–H and O–H groups in total. The Morgan fingerprint density at radius 3 is 2.22 bits per heavy atom. The highest BCUT2D eigenvalue weighted by atomic mass is 16.6. The van der Waals surface area contributed by atoms with Gasteiger partial charge in [-0.2, -0.15) is 0 Å². The van der Waals surface area contributed by atoms with Crippen molar-refractivity contribution in [3.63, 3.8) is 0 Å². The Hall–Kier alpha value is -2.78. The van der Waals surface area contributed by atoms with Crippen molar-refractivity contribution in [1.29, 1.82) is 0 Å². The van der Waals surface area contributed by atoms with Crippen molar-refractivity contribution >= 4 is 24.2 Å². The summed E-state index contributed by atoms with van der Waals surface area (Å²) in [4.78, 5) is 46.3. The van der Waals surface area contributed by atoms with E-state index in [0.717, 1.165) is 11.8 Å². The number of hydrogen-bond acceptors (Lipinski definition) is 9. The van der Waals surface area contributed by atoms with Crippen LogP contribution in [0.3, 0.4) is 0 Å². The number of nitrogens with one attached hydrogen (secondary N) is 1. The highest BCUT2D eigenvalue weighted by Crippen LogP contribution is 2.34. The summed E-state index contributed by atoms with van der Waals surface area (Å²) in [5.41, 5.74) is 1.12. The fraction of sp³-hybridized carbons (Fsp3) is 0.565. The maximum absolute atomic E-state index is 11.9. The average molecular weight is 450 g/mol. The molecule has 32 heavy (non-hydrogen) atoms. The molecule has 0 unspecified atom stereocenters. The van der Waals surface area contributed by atoms with E-state index in [1.807, 2.05) is 30.3 Å². The summed E-state index contributed by atoms with van der Waals surface area (Å²) in [7, 11) is 0. The minimum atomic E-state index is -0.974. The number of carbonyl (C=O) groups excluding carboxylic acids is 4. The highest BCUT2D eigenvalue weighted by Gasteiger charge is 2.49. The van der Waals surface area contributed by atoms with Gasteiger partial charge in [0, 0.05) is 39.7 Å². The molecule has 0 aliphatic carbocycles. The van der Waals surface area contributed by atoms with Crippen LogP contribution in [0.15, 0.2) is 30.3 Å². The predicted octanol–water partition coefficient (Wildman–Crippen LogP) is 1.57. The van der Waals surface area contributed by atoms with Gasteiger partial charge >= 0.3 is 17.9 Å². The van der Waals surface area contributed by atoms with Gasteiger partial charge in [0.15, 0.2) is 6.10 Å². The van der Waals surface area contributed by atoms with E-state index in [4.69, 9.17) is 18.9 Å². The molecule has 0 bridgehead atoms. The van der Waals surface area contributed by atoms with Crippen LogP contribution in [0.1, 0.15) is 39.2 Å².